The molecule has 0 saturated carbocycles. The average Bonchev–Trinajstić information content (AvgIpc) is 3.52. The van der Waals surface area contributed by atoms with Gasteiger partial charge in [-0.2, -0.15) is 5.10 Å². The van der Waals surface area contributed by atoms with Crippen molar-refractivity contribution in [3.8, 4) is 28.6 Å². The minimum absolute atomic E-state index is 0.137. The molecule has 1 aliphatic heterocycles. The lowest BCUT2D eigenvalue weighted by molar-refractivity contribution is -0.00399. The number of aromatic nitrogens is 2. The maximum absolute atomic E-state index is 10.9. The van der Waals surface area contributed by atoms with Crippen LogP contribution in [0.2, 0.25) is 0 Å². The van der Waals surface area contributed by atoms with Gasteiger partial charge in [-0.05, 0) is 30.9 Å². The SMILES string of the molecule is COc1cccc(Oc2c(CN(C[C@H](O)COCC(C)C)C[C@@H]3CCCO3)c(-c3ccccc3)nn2C)c1. The molecular weight excluding hydrogens is 482 g/mol. The van der Waals surface area contributed by atoms with E-state index in [4.69, 9.17) is 24.0 Å². The fraction of sp³-hybridized carbons (Fsp3) is 0.500. The number of hydrogen-bond donors (Lipinski definition) is 1. The maximum Gasteiger partial charge on any atom is 0.222 e. The second-order valence-electron chi connectivity index (χ2n) is 10.3. The summed E-state index contributed by atoms with van der Waals surface area (Å²) in [6.07, 6.45) is 1.60. The monoisotopic (exact) mass is 523 g/mol. The predicted octanol–water partition coefficient (Wildman–Crippen LogP) is 4.90. The smallest absolute Gasteiger partial charge is 0.222 e. The first kappa shape index (κ1) is 28.1. The van der Waals surface area contributed by atoms with Gasteiger partial charge in [0, 0.05) is 51.5 Å². The molecule has 8 nitrogen and oxygen atoms in total. The second-order valence-corrected chi connectivity index (χ2v) is 10.3. The van der Waals surface area contributed by atoms with Crippen molar-refractivity contribution in [1.29, 1.82) is 0 Å². The summed E-state index contributed by atoms with van der Waals surface area (Å²) in [5.74, 6) is 2.46. The van der Waals surface area contributed by atoms with Crippen LogP contribution < -0.4 is 9.47 Å². The molecule has 8 heteroatoms. The highest BCUT2D eigenvalue weighted by atomic mass is 16.5. The van der Waals surface area contributed by atoms with Crippen LogP contribution in [0.5, 0.6) is 17.4 Å². The van der Waals surface area contributed by atoms with Gasteiger partial charge in [0.15, 0.2) is 0 Å². The van der Waals surface area contributed by atoms with Crippen LogP contribution in [0.1, 0.15) is 32.3 Å². The Kier molecular flexibility index (Phi) is 10.2. The van der Waals surface area contributed by atoms with Gasteiger partial charge in [-0.15, -0.1) is 0 Å². The number of aliphatic hydroxyl groups excluding tert-OH is 1. The summed E-state index contributed by atoms with van der Waals surface area (Å²) in [6, 6.07) is 17.7. The van der Waals surface area contributed by atoms with Crippen LogP contribution in [-0.4, -0.2) is 72.0 Å². The van der Waals surface area contributed by atoms with Gasteiger partial charge in [0.25, 0.3) is 0 Å². The molecule has 38 heavy (non-hydrogen) atoms. The zero-order valence-electron chi connectivity index (χ0n) is 23.0. The van der Waals surface area contributed by atoms with Gasteiger partial charge in [0.1, 0.15) is 17.2 Å². The van der Waals surface area contributed by atoms with Gasteiger partial charge in [0.2, 0.25) is 5.88 Å². The average molecular weight is 524 g/mol. The third-order valence-corrected chi connectivity index (χ3v) is 6.49. The zero-order chi connectivity index (χ0) is 26.9. The third kappa shape index (κ3) is 7.80. The van der Waals surface area contributed by atoms with Crippen molar-refractivity contribution in [2.45, 2.75) is 45.4 Å². The normalized spacial score (nSPS) is 16.3. The van der Waals surface area contributed by atoms with Crippen LogP contribution in [0.15, 0.2) is 54.6 Å². The van der Waals surface area contributed by atoms with Crippen molar-refractivity contribution in [3.63, 3.8) is 0 Å². The van der Waals surface area contributed by atoms with Crippen molar-refractivity contribution >= 4 is 0 Å². The van der Waals surface area contributed by atoms with Crippen LogP contribution in [-0.2, 0) is 23.1 Å². The van der Waals surface area contributed by atoms with Gasteiger partial charge in [0.05, 0.1) is 31.5 Å². The van der Waals surface area contributed by atoms with Gasteiger partial charge >= 0.3 is 0 Å². The molecule has 0 unspecified atom stereocenters. The molecule has 2 heterocycles. The van der Waals surface area contributed by atoms with Gasteiger partial charge in [-0.1, -0.05) is 50.2 Å². The molecule has 1 aliphatic rings. The number of aliphatic hydroxyl groups is 1. The summed E-state index contributed by atoms with van der Waals surface area (Å²) in [6.45, 7) is 7.63. The van der Waals surface area contributed by atoms with Crippen molar-refractivity contribution in [3.05, 3.63) is 60.2 Å². The van der Waals surface area contributed by atoms with Crippen LogP contribution in [0.25, 0.3) is 11.3 Å². The van der Waals surface area contributed by atoms with E-state index in [1.54, 1.807) is 11.8 Å². The largest absolute Gasteiger partial charge is 0.497 e. The summed E-state index contributed by atoms with van der Waals surface area (Å²) in [5.41, 5.74) is 2.82. The second kappa shape index (κ2) is 13.8. The highest BCUT2D eigenvalue weighted by molar-refractivity contribution is 5.65. The Bertz CT molecular complexity index is 1130. The van der Waals surface area contributed by atoms with Crippen molar-refractivity contribution in [2.75, 3.05) is 40.0 Å². The van der Waals surface area contributed by atoms with E-state index in [0.717, 1.165) is 42.0 Å². The Morgan fingerprint density at radius 2 is 1.89 bits per heavy atom. The minimum Gasteiger partial charge on any atom is -0.497 e. The Balaban J connectivity index is 1.64. The lowest BCUT2D eigenvalue weighted by atomic mass is 10.1. The van der Waals surface area contributed by atoms with E-state index < -0.39 is 6.10 Å². The van der Waals surface area contributed by atoms with E-state index in [9.17, 15) is 5.11 Å². The van der Waals surface area contributed by atoms with E-state index in [1.807, 2.05) is 49.5 Å². The van der Waals surface area contributed by atoms with Crippen LogP contribution in [0.4, 0.5) is 0 Å². The molecule has 1 fully saturated rings. The number of ether oxygens (including phenoxy) is 4. The van der Waals surface area contributed by atoms with E-state index in [0.29, 0.717) is 50.4 Å². The van der Waals surface area contributed by atoms with E-state index in [-0.39, 0.29) is 6.10 Å². The fourth-order valence-corrected chi connectivity index (χ4v) is 4.72. The highest BCUT2D eigenvalue weighted by Gasteiger charge is 2.26. The molecule has 4 rings (SSSR count). The van der Waals surface area contributed by atoms with Gasteiger partial charge < -0.3 is 24.1 Å². The topological polar surface area (TPSA) is 78.2 Å². The first-order valence-electron chi connectivity index (χ1n) is 13.5. The molecule has 1 saturated heterocycles. The first-order valence-corrected chi connectivity index (χ1v) is 13.5. The van der Waals surface area contributed by atoms with Gasteiger partial charge in [-0.3, -0.25) is 4.90 Å². The molecule has 2 atom stereocenters. The number of methoxy groups -OCH3 is 1. The molecule has 206 valence electrons. The zero-order valence-corrected chi connectivity index (χ0v) is 23.0. The molecule has 1 aromatic heterocycles. The van der Waals surface area contributed by atoms with E-state index in [1.165, 1.54) is 0 Å². The molecule has 3 aromatic rings. The molecule has 1 N–H and O–H groups in total. The van der Waals surface area contributed by atoms with Crippen LogP contribution >= 0.6 is 0 Å². The number of nitrogens with zero attached hydrogens (tertiary/aromatic N) is 3. The predicted molar refractivity (Wildman–Crippen MR) is 148 cm³/mol. The Labute approximate surface area is 226 Å². The first-order chi connectivity index (χ1) is 18.4. The summed E-state index contributed by atoms with van der Waals surface area (Å²) in [7, 11) is 3.53. The number of rotatable bonds is 14. The van der Waals surface area contributed by atoms with Crippen molar-refractivity contribution < 1.29 is 24.1 Å². The van der Waals surface area contributed by atoms with E-state index in [2.05, 4.69) is 30.9 Å². The molecule has 2 aromatic carbocycles. The Morgan fingerprint density at radius 3 is 2.61 bits per heavy atom. The fourth-order valence-electron chi connectivity index (χ4n) is 4.72. The summed E-state index contributed by atoms with van der Waals surface area (Å²) >= 11 is 0. The lowest BCUT2D eigenvalue weighted by Gasteiger charge is -2.28. The van der Waals surface area contributed by atoms with Crippen molar-refractivity contribution in [1.82, 2.24) is 14.7 Å². The summed E-state index contributed by atoms with van der Waals surface area (Å²) in [5, 5.41) is 15.7. The van der Waals surface area contributed by atoms with Crippen LogP contribution in [0.3, 0.4) is 0 Å². The standard InChI is InChI=1S/C30H41N3O5/c1-22(2)20-36-21-24(34)17-33(18-27-14-9-15-37-27)19-28-29(23-10-6-5-7-11-23)31-32(3)30(28)38-26-13-8-12-25(16-26)35-4/h5-8,10-13,16,22,24,27,34H,9,14-15,17-21H2,1-4H3/t24-,27-/m0/s1. The molecule has 0 amide bonds. The van der Waals surface area contributed by atoms with Crippen molar-refractivity contribution in [2.24, 2.45) is 13.0 Å². The highest BCUT2D eigenvalue weighted by Crippen LogP contribution is 2.35. The summed E-state index contributed by atoms with van der Waals surface area (Å²) < 4.78 is 25.3. The lowest BCUT2D eigenvalue weighted by Crippen LogP contribution is -2.39. The summed E-state index contributed by atoms with van der Waals surface area (Å²) in [4.78, 5) is 2.24. The van der Waals surface area contributed by atoms with Gasteiger partial charge in [-0.25, -0.2) is 4.68 Å². The molecule has 0 bridgehead atoms. The Morgan fingerprint density at radius 1 is 1.11 bits per heavy atom. The quantitative estimate of drug-likeness (QED) is 0.322. The number of aryl methyl sites for hydroxylation is 1. The van der Waals surface area contributed by atoms with Crippen LogP contribution in [0, 0.1) is 5.92 Å². The molecule has 0 spiro atoms. The third-order valence-electron chi connectivity index (χ3n) is 6.49. The van der Waals surface area contributed by atoms with E-state index >= 15 is 0 Å². The maximum atomic E-state index is 10.9. The number of benzene rings is 2. The molecule has 0 radical (unpaired) electrons. The minimum atomic E-state index is -0.616. The molecular formula is C30H41N3O5. The Hall–Kier alpha value is -2.91. The number of hydrogen-bond acceptors (Lipinski definition) is 7. The molecule has 0 aliphatic carbocycles.